The van der Waals surface area contributed by atoms with Crippen LogP contribution >= 0.6 is 0 Å². The maximum atomic E-state index is 12.9. The lowest BCUT2D eigenvalue weighted by atomic mass is 9.92. The van der Waals surface area contributed by atoms with Crippen molar-refractivity contribution in [3.63, 3.8) is 0 Å². The largest absolute Gasteiger partial charge is 0.337 e. The van der Waals surface area contributed by atoms with Crippen LogP contribution in [0, 0.1) is 19.8 Å². The van der Waals surface area contributed by atoms with Crippen molar-refractivity contribution in [1.82, 2.24) is 24.5 Å². The first kappa shape index (κ1) is 15.9. The standard InChI is InChI=1S/C19H23N5O/c1-13-5-6-18-21-17(12-24(18)10-13)19(25)23-7-3-4-15(11-23)8-16-14(2)9-20-22-16/h5-6,9-10,12,15H,3-4,7-8,11H2,1-2H3,(H,20,22)/t15-/m1/s1. The van der Waals surface area contributed by atoms with Crippen molar-refractivity contribution in [2.24, 2.45) is 5.92 Å². The minimum Gasteiger partial charge on any atom is -0.337 e. The first-order valence-electron chi connectivity index (χ1n) is 8.83. The Hall–Kier alpha value is -2.63. The molecule has 1 aliphatic rings. The van der Waals surface area contributed by atoms with Gasteiger partial charge in [-0.15, -0.1) is 0 Å². The van der Waals surface area contributed by atoms with Gasteiger partial charge in [0.05, 0.1) is 6.20 Å². The van der Waals surface area contributed by atoms with Crippen molar-refractivity contribution in [2.75, 3.05) is 13.1 Å². The molecule has 1 aliphatic heterocycles. The Morgan fingerprint density at radius 3 is 3.00 bits per heavy atom. The summed E-state index contributed by atoms with van der Waals surface area (Å²) in [6.07, 6.45) is 8.83. The van der Waals surface area contributed by atoms with Gasteiger partial charge in [0.2, 0.25) is 0 Å². The lowest BCUT2D eigenvalue weighted by Crippen LogP contribution is -2.40. The van der Waals surface area contributed by atoms with Gasteiger partial charge in [-0.25, -0.2) is 4.98 Å². The Morgan fingerprint density at radius 1 is 1.32 bits per heavy atom. The summed E-state index contributed by atoms with van der Waals surface area (Å²) in [5, 5.41) is 7.18. The molecule has 0 bridgehead atoms. The number of aromatic nitrogens is 4. The monoisotopic (exact) mass is 337 g/mol. The topological polar surface area (TPSA) is 66.3 Å². The van der Waals surface area contributed by atoms with Gasteiger partial charge in [-0.3, -0.25) is 9.89 Å². The van der Waals surface area contributed by atoms with Gasteiger partial charge in [0.25, 0.3) is 5.91 Å². The van der Waals surface area contributed by atoms with Crippen LogP contribution in [-0.4, -0.2) is 43.5 Å². The second-order valence-corrected chi connectivity index (χ2v) is 7.09. The molecule has 0 radical (unpaired) electrons. The van der Waals surface area contributed by atoms with Crippen LogP contribution in [0.25, 0.3) is 5.65 Å². The number of nitrogens with zero attached hydrogens (tertiary/aromatic N) is 4. The zero-order valence-electron chi connectivity index (χ0n) is 14.7. The average Bonchev–Trinajstić information content (AvgIpc) is 3.20. The van der Waals surface area contributed by atoms with E-state index < -0.39 is 0 Å². The molecule has 1 N–H and O–H groups in total. The molecule has 1 fully saturated rings. The molecule has 1 amide bonds. The summed E-state index contributed by atoms with van der Waals surface area (Å²) < 4.78 is 1.93. The molecular weight excluding hydrogens is 314 g/mol. The molecule has 1 saturated heterocycles. The molecule has 0 saturated carbocycles. The predicted molar refractivity (Wildman–Crippen MR) is 95.6 cm³/mol. The first-order valence-corrected chi connectivity index (χ1v) is 8.83. The minimum atomic E-state index is 0.0346. The van der Waals surface area contributed by atoms with Crippen LogP contribution in [0.2, 0.25) is 0 Å². The third-order valence-corrected chi connectivity index (χ3v) is 5.05. The fourth-order valence-electron chi connectivity index (χ4n) is 3.65. The number of rotatable bonds is 3. The molecule has 3 aromatic rings. The number of carbonyl (C=O) groups is 1. The van der Waals surface area contributed by atoms with E-state index in [2.05, 4.69) is 22.1 Å². The van der Waals surface area contributed by atoms with Crippen molar-refractivity contribution in [3.05, 3.63) is 53.2 Å². The summed E-state index contributed by atoms with van der Waals surface area (Å²) in [5.41, 5.74) is 4.87. The van der Waals surface area contributed by atoms with E-state index in [0.717, 1.165) is 43.6 Å². The molecule has 4 rings (SSSR count). The third-order valence-electron chi connectivity index (χ3n) is 5.05. The molecule has 6 heteroatoms. The molecule has 4 heterocycles. The van der Waals surface area contributed by atoms with Crippen LogP contribution in [0.3, 0.4) is 0 Å². The maximum absolute atomic E-state index is 12.9. The normalized spacial score (nSPS) is 18.0. The Bertz CT molecular complexity index is 910. The predicted octanol–water partition coefficient (Wildman–Crippen LogP) is 2.77. The van der Waals surface area contributed by atoms with Crippen molar-refractivity contribution in [3.8, 4) is 0 Å². The van der Waals surface area contributed by atoms with Gasteiger partial charge in [0.1, 0.15) is 11.3 Å². The Labute approximate surface area is 146 Å². The highest BCUT2D eigenvalue weighted by molar-refractivity contribution is 5.93. The average molecular weight is 337 g/mol. The number of imidazole rings is 1. The second-order valence-electron chi connectivity index (χ2n) is 7.09. The summed E-state index contributed by atoms with van der Waals surface area (Å²) in [4.78, 5) is 19.4. The molecule has 3 aromatic heterocycles. The Kier molecular flexibility index (Phi) is 4.03. The van der Waals surface area contributed by atoms with Gasteiger partial charge < -0.3 is 9.30 Å². The number of carbonyl (C=O) groups excluding carboxylic acids is 1. The number of aryl methyl sites for hydroxylation is 2. The van der Waals surface area contributed by atoms with Gasteiger partial charge in [-0.1, -0.05) is 6.07 Å². The fourth-order valence-corrected chi connectivity index (χ4v) is 3.65. The Balaban J connectivity index is 1.49. The smallest absolute Gasteiger partial charge is 0.274 e. The number of piperidine rings is 1. The highest BCUT2D eigenvalue weighted by atomic mass is 16.2. The zero-order chi connectivity index (χ0) is 17.4. The molecule has 0 spiro atoms. The molecule has 1 atom stereocenters. The number of likely N-dealkylation sites (tertiary alicyclic amines) is 1. The quantitative estimate of drug-likeness (QED) is 0.799. The van der Waals surface area contributed by atoms with Crippen LogP contribution in [0.4, 0.5) is 0 Å². The van der Waals surface area contributed by atoms with E-state index in [0.29, 0.717) is 11.6 Å². The molecule has 0 aliphatic carbocycles. The lowest BCUT2D eigenvalue weighted by molar-refractivity contribution is 0.0667. The van der Waals surface area contributed by atoms with E-state index in [1.54, 1.807) is 0 Å². The van der Waals surface area contributed by atoms with Crippen LogP contribution in [0.5, 0.6) is 0 Å². The summed E-state index contributed by atoms with van der Waals surface area (Å²) in [6.45, 7) is 5.70. The summed E-state index contributed by atoms with van der Waals surface area (Å²) in [7, 11) is 0. The molecular formula is C19H23N5O. The maximum Gasteiger partial charge on any atom is 0.274 e. The molecule has 25 heavy (non-hydrogen) atoms. The zero-order valence-corrected chi connectivity index (χ0v) is 14.7. The fraction of sp³-hybridized carbons (Fsp3) is 0.421. The van der Waals surface area contributed by atoms with E-state index in [1.165, 1.54) is 11.3 Å². The number of pyridine rings is 1. The number of H-pyrrole nitrogens is 1. The highest BCUT2D eigenvalue weighted by Gasteiger charge is 2.26. The summed E-state index contributed by atoms with van der Waals surface area (Å²) in [6, 6.07) is 3.96. The van der Waals surface area contributed by atoms with Crippen molar-refractivity contribution >= 4 is 11.6 Å². The second kappa shape index (κ2) is 6.35. The van der Waals surface area contributed by atoms with E-state index in [4.69, 9.17) is 0 Å². The van der Waals surface area contributed by atoms with Gasteiger partial charge >= 0.3 is 0 Å². The SMILES string of the molecule is Cc1ccc2nc(C(=O)N3CCC[C@H](Cc4[nH]ncc4C)C3)cn2c1. The minimum absolute atomic E-state index is 0.0346. The number of amides is 1. The molecule has 0 unspecified atom stereocenters. The summed E-state index contributed by atoms with van der Waals surface area (Å²) in [5.74, 6) is 0.503. The number of fused-ring (bicyclic) bond motifs is 1. The van der Waals surface area contributed by atoms with Crippen LogP contribution in [0.1, 0.15) is 40.2 Å². The lowest BCUT2D eigenvalue weighted by Gasteiger charge is -2.32. The van der Waals surface area contributed by atoms with E-state index in [9.17, 15) is 4.79 Å². The third kappa shape index (κ3) is 3.16. The molecule has 0 aromatic carbocycles. The number of hydrogen-bond acceptors (Lipinski definition) is 3. The van der Waals surface area contributed by atoms with Crippen LogP contribution in [0.15, 0.2) is 30.7 Å². The Morgan fingerprint density at radius 2 is 2.20 bits per heavy atom. The summed E-state index contributed by atoms with van der Waals surface area (Å²) >= 11 is 0. The van der Waals surface area contributed by atoms with E-state index >= 15 is 0 Å². The van der Waals surface area contributed by atoms with E-state index in [1.807, 2.05) is 46.9 Å². The van der Waals surface area contributed by atoms with Gasteiger partial charge in [-0.2, -0.15) is 5.10 Å². The van der Waals surface area contributed by atoms with Crippen molar-refractivity contribution < 1.29 is 4.79 Å². The number of nitrogens with one attached hydrogen (secondary N) is 1. The highest BCUT2D eigenvalue weighted by Crippen LogP contribution is 2.22. The van der Waals surface area contributed by atoms with E-state index in [-0.39, 0.29) is 5.91 Å². The van der Waals surface area contributed by atoms with Gasteiger partial charge in [0, 0.05) is 31.2 Å². The van der Waals surface area contributed by atoms with Crippen LogP contribution < -0.4 is 0 Å². The van der Waals surface area contributed by atoms with Crippen molar-refractivity contribution in [1.29, 1.82) is 0 Å². The number of hydrogen-bond donors (Lipinski definition) is 1. The molecule has 6 nitrogen and oxygen atoms in total. The number of aromatic amines is 1. The van der Waals surface area contributed by atoms with Crippen LogP contribution in [-0.2, 0) is 6.42 Å². The first-order chi connectivity index (χ1) is 12.1. The molecule has 130 valence electrons. The van der Waals surface area contributed by atoms with Gasteiger partial charge in [-0.05, 0) is 56.2 Å². The van der Waals surface area contributed by atoms with Gasteiger partial charge in [0.15, 0.2) is 0 Å². The van der Waals surface area contributed by atoms with Crippen molar-refractivity contribution in [2.45, 2.75) is 33.1 Å².